The van der Waals surface area contributed by atoms with Crippen LogP contribution in [0, 0.1) is 12.9 Å². The van der Waals surface area contributed by atoms with Crippen LogP contribution >= 0.6 is 0 Å². The largest absolute Gasteiger partial charge is 0.351 e. The van der Waals surface area contributed by atoms with Gasteiger partial charge in [0, 0.05) is 29.8 Å². The molecular weight excluding hydrogens is 267 g/mol. The fourth-order valence-corrected chi connectivity index (χ4v) is 2.05. The van der Waals surface area contributed by atoms with Gasteiger partial charge in [-0.2, -0.15) is 4.39 Å². The number of rotatable bonds is 4. The van der Waals surface area contributed by atoms with Gasteiger partial charge >= 0.3 is 0 Å². The summed E-state index contributed by atoms with van der Waals surface area (Å²) in [6.45, 7) is 6.63. The smallest absolute Gasteiger partial charge is 0.251 e. The molecule has 3 nitrogen and oxygen atoms in total. The summed E-state index contributed by atoms with van der Waals surface area (Å²) in [5.41, 5.74) is 2.43. The number of amides is 1. The van der Waals surface area contributed by atoms with E-state index in [1.54, 1.807) is 0 Å². The Kier molecular flexibility index (Phi) is 4.36. The van der Waals surface area contributed by atoms with Gasteiger partial charge in [-0.25, -0.2) is 4.98 Å². The lowest BCUT2D eigenvalue weighted by atomic mass is 9.84. The van der Waals surface area contributed by atoms with Gasteiger partial charge < -0.3 is 5.32 Å². The molecule has 0 saturated carbocycles. The van der Waals surface area contributed by atoms with E-state index in [1.807, 2.05) is 6.92 Å². The fraction of sp³-hybridized carbons (Fsp3) is 0.294. The Morgan fingerprint density at radius 1 is 1.24 bits per heavy atom. The summed E-state index contributed by atoms with van der Waals surface area (Å²) in [5.74, 6) is -0.947. The first-order valence-corrected chi connectivity index (χ1v) is 6.85. The van der Waals surface area contributed by atoms with Crippen molar-refractivity contribution in [2.45, 2.75) is 26.2 Å². The van der Waals surface area contributed by atoms with Crippen LogP contribution in [0.1, 0.15) is 35.3 Å². The molecule has 0 aliphatic heterocycles. The van der Waals surface area contributed by atoms with Gasteiger partial charge in [0.2, 0.25) is 5.95 Å². The van der Waals surface area contributed by atoms with Crippen molar-refractivity contribution < 1.29 is 9.18 Å². The zero-order valence-electron chi connectivity index (χ0n) is 12.5. The van der Waals surface area contributed by atoms with E-state index in [4.69, 9.17) is 0 Å². The number of carbonyl (C=O) groups excluding carboxylic acids is 1. The van der Waals surface area contributed by atoms with Crippen molar-refractivity contribution in [2.75, 3.05) is 6.54 Å². The number of aryl methyl sites for hydroxylation is 1. The van der Waals surface area contributed by atoms with Crippen LogP contribution in [0.3, 0.4) is 0 Å². The predicted molar refractivity (Wildman–Crippen MR) is 80.7 cm³/mol. The van der Waals surface area contributed by atoms with Crippen LogP contribution < -0.4 is 5.32 Å². The zero-order chi connectivity index (χ0) is 15.5. The normalized spacial score (nSPS) is 11.2. The summed E-state index contributed by atoms with van der Waals surface area (Å²) >= 11 is 0. The molecule has 2 rings (SSSR count). The average Bonchev–Trinajstić information content (AvgIpc) is 2.45. The molecule has 0 radical (unpaired) electrons. The standard InChI is InChI=1S/C17H19FN2O/c1-12-4-6-14(7-5-12)17(2,3)11-20-16(21)13-8-9-19-15(18)10-13/h4-10H,11H2,1-3H3,(H,20,21). The summed E-state index contributed by atoms with van der Waals surface area (Å²) in [5, 5.41) is 2.85. The first-order chi connectivity index (χ1) is 9.88. The Labute approximate surface area is 124 Å². The molecule has 0 fully saturated rings. The van der Waals surface area contributed by atoms with Crippen molar-refractivity contribution in [2.24, 2.45) is 0 Å². The molecule has 0 aliphatic carbocycles. The quantitative estimate of drug-likeness (QED) is 0.877. The Balaban J connectivity index is 2.04. The molecule has 0 atom stereocenters. The molecule has 1 aromatic carbocycles. The molecule has 0 bridgehead atoms. The lowest BCUT2D eigenvalue weighted by molar-refractivity contribution is 0.0945. The van der Waals surface area contributed by atoms with Gasteiger partial charge in [0.25, 0.3) is 5.91 Å². The van der Waals surface area contributed by atoms with Crippen molar-refractivity contribution in [3.63, 3.8) is 0 Å². The van der Waals surface area contributed by atoms with E-state index in [0.29, 0.717) is 6.54 Å². The monoisotopic (exact) mass is 286 g/mol. The number of nitrogens with one attached hydrogen (secondary N) is 1. The van der Waals surface area contributed by atoms with E-state index in [0.717, 1.165) is 11.6 Å². The maximum absolute atomic E-state index is 13.0. The lowest BCUT2D eigenvalue weighted by Crippen LogP contribution is -2.36. The van der Waals surface area contributed by atoms with E-state index < -0.39 is 5.95 Å². The third-order valence-corrected chi connectivity index (χ3v) is 3.51. The van der Waals surface area contributed by atoms with Crippen molar-refractivity contribution >= 4 is 5.91 Å². The average molecular weight is 286 g/mol. The number of hydrogen-bond acceptors (Lipinski definition) is 2. The second kappa shape index (κ2) is 6.04. The summed E-state index contributed by atoms with van der Waals surface area (Å²) in [7, 11) is 0. The molecule has 1 heterocycles. The Hall–Kier alpha value is -2.23. The highest BCUT2D eigenvalue weighted by Crippen LogP contribution is 2.22. The molecular formula is C17H19FN2O. The van der Waals surface area contributed by atoms with Crippen LogP contribution in [-0.4, -0.2) is 17.4 Å². The molecule has 0 aliphatic rings. The molecule has 110 valence electrons. The Bertz CT molecular complexity index is 635. The van der Waals surface area contributed by atoms with Crippen molar-refractivity contribution in [1.29, 1.82) is 0 Å². The number of hydrogen-bond donors (Lipinski definition) is 1. The van der Waals surface area contributed by atoms with Crippen LogP contribution in [0.15, 0.2) is 42.6 Å². The molecule has 0 spiro atoms. The minimum Gasteiger partial charge on any atom is -0.351 e. The van der Waals surface area contributed by atoms with Gasteiger partial charge in [-0.15, -0.1) is 0 Å². The summed E-state index contributed by atoms with van der Waals surface area (Å²) in [6, 6.07) is 10.9. The number of nitrogens with zero attached hydrogens (tertiary/aromatic N) is 1. The highest BCUT2D eigenvalue weighted by atomic mass is 19.1. The summed E-state index contributed by atoms with van der Waals surface area (Å²) < 4.78 is 13.0. The summed E-state index contributed by atoms with van der Waals surface area (Å²) in [6.07, 6.45) is 1.29. The van der Waals surface area contributed by atoms with Crippen LogP contribution in [0.4, 0.5) is 4.39 Å². The second-order valence-corrected chi connectivity index (χ2v) is 5.80. The molecule has 1 aromatic heterocycles. The molecule has 1 N–H and O–H groups in total. The molecule has 4 heteroatoms. The van der Waals surface area contributed by atoms with Crippen LogP contribution in [0.25, 0.3) is 0 Å². The van der Waals surface area contributed by atoms with Gasteiger partial charge in [0.1, 0.15) is 0 Å². The number of aromatic nitrogens is 1. The minimum atomic E-state index is -0.652. The maximum atomic E-state index is 13.0. The SMILES string of the molecule is Cc1ccc(C(C)(C)CNC(=O)c2ccnc(F)c2)cc1. The van der Waals surface area contributed by atoms with E-state index in [9.17, 15) is 9.18 Å². The van der Waals surface area contributed by atoms with E-state index in [2.05, 4.69) is 48.4 Å². The van der Waals surface area contributed by atoms with Gasteiger partial charge in [-0.05, 0) is 18.6 Å². The highest BCUT2D eigenvalue weighted by molar-refractivity contribution is 5.94. The van der Waals surface area contributed by atoms with Crippen LogP contribution in [0.2, 0.25) is 0 Å². The second-order valence-electron chi connectivity index (χ2n) is 5.80. The van der Waals surface area contributed by atoms with Gasteiger partial charge in [0.15, 0.2) is 0 Å². The molecule has 21 heavy (non-hydrogen) atoms. The summed E-state index contributed by atoms with van der Waals surface area (Å²) in [4.78, 5) is 15.5. The Morgan fingerprint density at radius 2 is 1.90 bits per heavy atom. The van der Waals surface area contributed by atoms with Gasteiger partial charge in [-0.1, -0.05) is 43.7 Å². The lowest BCUT2D eigenvalue weighted by Gasteiger charge is -2.26. The van der Waals surface area contributed by atoms with Crippen molar-refractivity contribution in [3.8, 4) is 0 Å². The third kappa shape index (κ3) is 3.88. The topological polar surface area (TPSA) is 42.0 Å². The number of carbonyl (C=O) groups is 1. The minimum absolute atomic E-state index is 0.199. The van der Waals surface area contributed by atoms with Crippen LogP contribution in [-0.2, 0) is 5.41 Å². The molecule has 1 amide bonds. The predicted octanol–water partition coefficient (Wildman–Crippen LogP) is 3.24. The van der Waals surface area contributed by atoms with Crippen LogP contribution in [0.5, 0.6) is 0 Å². The Morgan fingerprint density at radius 3 is 2.52 bits per heavy atom. The maximum Gasteiger partial charge on any atom is 0.251 e. The molecule has 0 saturated heterocycles. The first-order valence-electron chi connectivity index (χ1n) is 6.85. The number of pyridine rings is 1. The van der Waals surface area contributed by atoms with E-state index in [-0.39, 0.29) is 16.9 Å². The van der Waals surface area contributed by atoms with E-state index >= 15 is 0 Å². The third-order valence-electron chi connectivity index (χ3n) is 3.51. The fourth-order valence-electron chi connectivity index (χ4n) is 2.05. The van der Waals surface area contributed by atoms with Gasteiger partial charge in [-0.3, -0.25) is 4.79 Å². The molecule has 2 aromatic rings. The zero-order valence-corrected chi connectivity index (χ0v) is 12.5. The number of halogens is 1. The highest BCUT2D eigenvalue weighted by Gasteiger charge is 2.21. The van der Waals surface area contributed by atoms with Crippen molar-refractivity contribution in [1.82, 2.24) is 10.3 Å². The van der Waals surface area contributed by atoms with Crippen molar-refractivity contribution in [3.05, 3.63) is 65.2 Å². The van der Waals surface area contributed by atoms with E-state index in [1.165, 1.54) is 17.8 Å². The van der Waals surface area contributed by atoms with Gasteiger partial charge in [0.05, 0.1) is 0 Å². The first kappa shape index (κ1) is 15.2. The molecule has 0 unspecified atom stereocenters. The number of benzene rings is 1.